The van der Waals surface area contributed by atoms with Gasteiger partial charge in [0.25, 0.3) is 5.91 Å². The van der Waals surface area contributed by atoms with Crippen LogP contribution in [0.4, 0.5) is 18.9 Å². The van der Waals surface area contributed by atoms with E-state index in [9.17, 15) is 26.4 Å². The average Bonchev–Trinajstić information content (AvgIpc) is 2.91. The lowest BCUT2D eigenvalue weighted by Crippen LogP contribution is -2.50. The van der Waals surface area contributed by atoms with Crippen LogP contribution in [0.1, 0.15) is 16.7 Å². The molecule has 3 aromatic rings. The zero-order valence-electron chi connectivity index (χ0n) is 20.7. The predicted octanol–water partition coefficient (Wildman–Crippen LogP) is 4.22. The summed E-state index contributed by atoms with van der Waals surface area (Å²) in [6, 6.07) is 18.7. The molecule has 1 N–H and O–H groups in total. The molecule has 0 aliphatic carbocycles. The molecule has 0 saturated carbocycles. The minimum Gasteiger partial charge on any atom is -0.483 e. The van der Waals surface area contributed by atoms with E-state index in [0.29, 0.717) is 43.2 Å². The van der Waals surface area contributed by atoms with Gasteiger partial charge >= 0.3 is 6.18 Å². The van der Waals surface area contributed by atoms with E-state index in [1.165, 1.54) is 24.3 Å². The van der Waals surface area contributed by atoms with Crippen molar-refractivity contribution in [3.63, 3.8) is 0 Å². The van der Waals surface area contributed by atoms with Crippen LogP contribution in [0.5, 0.6) is 5.75 Å². The van der Waals surface area contributed by atoms with Crippen molar-refractivity contribution in [3.05, 3.63) is 89.5 Å². The topological polar surface area (TPSA) is 78.9 Å². The van der Waals surface area contributed by atoms with Crippen LogP contribution in [0.15, 0.2) is 77.7 Å². The third-order valence-electron chi connectivity index (χ3n) is 6.29. The molecule has 0 spiro atoms. The number of anilines is 1. The number of nitrogens with one attached hydrogen (secondary N) is 1. The highest BCUT2D eigenvalue weighted by Gasteiger charge is 2.31. The number of carbonyl (C=O) groups is 1. The first-order valence-electron chi connectivity index (χ1n) is 12.0. The van der Waals surface area contributed by atoms with Gasteiger partial charge in [0.1, 0.15) is 5.75 Å². The molecule has 0 unspecified atom stereocenters. The molecule has 11 heteroatoms. The molecule has 0 atom stereocenters. The van der Waals surface area contributed by atoms with Gasteiger partial charge in [-0.15, -0.1) is 0 Å². The maximum absolute atomic E-state index is 13.0. The number of sulfonamides is 1. The van der Waals surface area contributed by atoms with Crippen LogP contribution in [0.2, 0.25) is 0 Å². The summed E-state index contributed by atoms with van der Waals surface area (Å²) in [5, 5.41) is 0. The van der Waals surface area contributed by atoms with Crippen LogP contribution < -0.4 is 14.4 Å². The van der Waals surface area contributed by atoms with E-state index < -0.39 is 21.8 Å². The molecule has 1 heterocycles. The second-order valence-electron chi connectivity index (χ2n) is 8.94. The Hall–Kier alpha value is -3.57. The van der Waals surface area contributed by atoms with Crippen LogP contribution >= 0.6 is 0 Å². The van der Waals surface area contributed by atoms with Crippen molar-refractivity contribution < 1.29 is 31.1 Å². The second-order valence-corrected chi connectivity index (χ2v) is 10.7. The van der Waals surface area contributed by atoms with E-state index in [0.717, 1.165) is 17.7 Å². The number of hydrogen-bond donors (Lipinski definition) is 1. The first-order valence-corrected chi connectivity index (χ1v) is 13.5. The van der Waals surface area contributed by atoms with Crippen LogP contribution in [-0.2, 0) is 27.5 Å². The number of benzene rings is 3. The number of piperazine rings is 1. The summed E-state index contributed by atoms with van der Waals surface area (Å²) in [6.07, 6.45) is -4.41. The number of alkyl halides is 3. The molecule has 1 saturated heterocycles. The van der Waals surface area contributed by atoms with Crippen LogP contribution in [-0.4, -0.2) is 52.0 Å². The first kappa shape index (κ1) is 27.5. The standard InChI is InChI=1S/C27H28F3N3O4S/c1-20-16-24(38(35,36)31-18-21-6-3-2-4-7-21)10-11-25(20)37-19-26(34)33-14-12-32(13-15-33)23-9-5-8-22(17-23)27(28,29)30/h2-11,16-17,31H,12-15,18-19H2,1H3. The minimum atomic E-state index is -4.41. The van der Waals surface area contributed by atoms with Crippen LogP contribution in [0, 0.1) is 6.92 Å². The smallest absolute Gasteiger partial charge is 0.416 e. The molecule has 0 bridgehead atoms. The normalized spacial score (nSPS) is 14.4. The van der Waals surface area contributed by atoms with Gasteiger partial charge in [-0.05, 0) is 54.4 Å². The molecule has 1 fully saturated rings. The summed E-state index contributed by atoms with van der Waals surface area (Å²) in [7, 11) is -3.73. The largest absolute Gasteiger partial charge is 0.483 e. The van der Waals surface area contributed by atoms with Crippen molar-refractivity contribution in [2.45, 2.75) is 24.5 Å². The summed E-state index contributed by atoms with van der Waals surface area (Å²) in [5.41, 5.74) is 1.16. The lowest BCUT2D eigenvalue weighted by Gasteiger charge is -2.36. The highest BCUT2D eigenvalue weighted by Crippen LogP contribution is 2.32. The highest BCUT2D eigenvalue weighted by molar-refractivity contribution is 7.89. The SMILES string of the molecule is Cc1cc(S(=O)(=O)NCc2ccccc2)ccc1OCC(=O)N1CCN(c2cccc(C(F)(F)F)c2)CC1. The average molecular weight is 548 g/mol. The number of aryl methyl sites for hydroxylation is 1. The first-order chi connectivity index (χ1) is 18.0. The summed E-state index contributed by atoms with van der Waals surface area (Å²) in [5.74, 6) is 0.136. The molecule has 3 aromatic carbocycles. The second kappa shape index (κ2) is 11.4. The lowest BCUT2D eigenvalue weighted by atomic mass is 10.1. The number of hydrogen-bond acceptors (Lipinski definition) is 5. The summed E-state index contributed by atoms with van der Waals surface area (Å²) < 4.78 is 72.6. The Morgan fingerprint density at radius 1 is 0.947 bits per heavy atom. The van der Waals surface area contributed by atoms with Gasteiger partial charge in [-0.2, -0.15) is 13.2 Å². The lowest BCUT2D eigenvalue weighted by molar-refractivity contribution is -0.137. The van der Waals surface area contributed by atoms with Crippen molar-refractivity contribution in [1.29, 1.82) is 0 Å². The Kier molecular flexibility index (Phi) is 8.27. The van der Waals surface area contributed by atoms with Gasteiger partial charge in [0, 0.05) is 38.4 Å². The minimum absolute atomic E-state index is 0.0929. The van der Waals surface area contributed by atoms with Gasteiger partial charge in [0.15, 0.2) is 6.61 Å². The van der Waals surface area contributed by atoms with Crippen molar-refractivity contribution in [1.82, 2.24) is 9.62 Å². The van der Waals surface area contributed by atoms with Crippen molar-refractivity contribution in [2.75, 3.05) is 37.7 Å². The molecule has 1 aliphatic heterocycles. The van der Waals surface area contributed by atoms with E-state index in [2.05, 4.69) is 4.72 Å². The van der Waals surface area contributed by atoms with Crippen molar-refractivity contribution in [3.8, 4) is 5.75 Å². The summed E-state index contributed by atoms with van der Waals surface area (Å²) >= 11 is 0. The molecule has 0 aromatic heterocycles. The zero-order chi connectivity index (χ0) is 27.3. The maximum atomic E-state index is 13.0. The van der Waals surface area contributed by atoms with E-state index in [1.807, 2.05) is 35.2 Å². The third-order valence-corrected chi connectivity index (χ3v) is 7.69. The predicted molar refractivity (Wildman–Crippen MR) is 137 cm³/mol. The molecule has 1 aliphatic rings. The molecule has 38 heavy (non-hydrogen) atoms. The molecule has 202 valence electrons. The Bertz CT molecular complexity index is 1370. The fourth-order valence-electron chi connectivity index (χ4n) is 4.13. The highest BCUT2D eigenvalue weighted by atomic mass is 32.2. The fourth-order valence-corrected chi connectivity index (χ4v) is 5.23. The number of carbonyl (C=O) groups excluding carboxylic acids is 1. The zero-order valence-corrected chi connectivity index (χ0v) is 21.6. The molecular weight excluding hydrogens is 519 g/mol. The number of nitrogens with zero attached hydrogens (tertiary/aromatic N) is 2. The Morgan fingerprint density at radius 3 is 2.32 bits per heavy atom. The number of amides is 1. The van der Waals surface area contributed by atoms with E-state index in [4.69, 9.17) is 4.74 Å². The molecule has 7 nitrogen and oxygen atoms in total. The molecule has 0 radical (unpaired) electrons. The number of ether oxygens (including phenoxy) is 1. The summed E-state index contributed by atoms with van der Waals surface area (Å²) in [4.78, 5) is 16.2. The number of rotatable bonds is 8. The Balaban J connectivity index is 1.29. The number of halogens is 3. The molecular formula is C27H28F3N3O4S. The Morgan fingerprint density at radius 2 is 1.66 bits per heavy atom. The Labute approximate surface area is 219 Å². The van der Waals surface area contributed by atoms with E-state index in [-0.39, 0.29) is 24.0 Å². The van der Waals surface area contributed by atoms with E-state index in [1.54, 1.807) is 17.9 Å². The van der Waals surface area contributed by atoms with Gasteiger partial charge in [-0.1, -0.05) is 36.4 Å². The maximum Gasteiger partial charge on any atom is 0.416 e. The monoisotopic (exact) mass is 547 g/mol. The van der Waals surface area contributed by atoms with Crippen molar-refractivity contribution in [2.24, 2.45) is 0 Å². The van der Waals surface area contributed by atoms with Gasteiger partial charge < -0.3 is 14.5 Å². The quantitative estimate of drug-likeness (QED) is 0.457. The van der Waals surface area contributed by atoms with Crippen molar-refractivity contribution >= 4 is 21.6 Å². The molecule has 4 rings (SSSR count). The van der Waals surface area contributed by atoms with E-state index >= 15 is 0 Å². The van der Waals surface area contributed by atoms with Crippen LogP contribution in [0.3, 0.4) is 0 Å². The summed E-state index contributed by atoms with van der Waals surface area (Å²) in [6.45, 7) is 3.12. The molecule has 1 amide bonds. The van der Waals surface area contributed by atoms with Gasteiger partial charge in [-0.3, -0.25) is 4.79 Å². The van der Waals surface area contributed by atoms with Gasteiger partial charge in [0.05, 0.1) is 10.5 Å². The van der Waals surface area contributed by atoms with Gasteiger partial charge in [-0.25, -0.2) is 13.1 Å². The fraction of sp³-hybridized carbons (Fsp3) is 0.296. The van der Waals surface area contributed by atoms with Gasteiger partial charge in [0.2, 0.25) is 10.0 Å². The van der Waals surface area contributed by atoms with Crippen LogP contribution in [0.25, 0.3) is 0 Å². The third kappa shape index (κ3) is 6.84.